The average Bonchev–Trinajstić information content (AvgIpc) is 3.28. The van der Waals surface area contributed by atoms with Crippen LogP contribution in [0.25, 0.3) is 5.70 Å². The number of hydrogen-bond donors (Lipinski definition) is 1. The number of benzene rings is 1. The molecule has 0 saturated carbocycles. The number of nitrogens with one attached hydrogen (secondary N) is 1. The largest absolute Gasteiger partial charge is 0.438 e. The number of nitrogens with zero attached hydrogens (tertiary/aromatic N) is 2. The number of thioether (sulfide) groups is 1. The fraction of sp³-hybridized carbons (Fsp3) is 0.286. The predicted octanol–water partition coefficient (Wildman–Crippen LogP) is 6.12. The lowest BCUT2D eigenvalue weighted by molar-refractivity contribution is -0.127. The summed E-state index contributed by atoms with van der Waals surface area (Å²) >= 11 is 1.62. The Bertz CT molecular complexity index is 1170. The van der Waals surface area contributed by atoms with Crippen LogP contribution in [0.4, 0.5) is 4.39 Å². The van der Waals surface area contributed by atoms with Gasteiger partial charge in [-0.1, -0.05) is 43.0 Å². The van der Waals surface area contributed by atoms with Gasteiger partial charge in [0.05, 0.1) is 11.8 Å². The molecule has 0 spiro atoms. The molecule has 1 fully saturated rings. The third kappa shape index (κ3) is 6.63. The first-order valence-electron chi connectivity index (χ1n) is 11.8. The van der Waals surface area contributed by atoms with E-state index < -0.39 is 5.82 Å². The third-order valence-electron chi connectivity index (χ3n) is 6.06. The van der Waals surface area contributed by atoms with Gasteiger partial charge >= 0.3 is 0 Å². The molecule has 2 aliphatic rings. The number of halogens is 1. The van der Waals surface area contributed by atoms with Crippen LogP contribution in [0.3, 0.4) is 0 Å². The molecular formula is C28H30FN3O2S. The highest BCUT2D eigenvalue weighted by molar-refractivity contribution is 7.98. The zero-order chi connectivity index (χ0) is 24.6. The SMILES string of the molecule is C=C(NC1CCCN(C(=O)C2=CC=CC=CC2)CC1)c1cc(F)cnc1Oc1cccc(SC)c1. The van der Waals surface area contributed by atoms with Crippen LogP contribution in [0.2, 0.25) is 0 Å². The number of likely N-dealkylation sites (tertiary alicyclic amines) is 1. The van der Waals surface area contributed by atoms with E-state index >= 15 is 0 Å². The maximum absolute atomic E-state index is 14.1. The summed E-state index contributed by atoms with van der Waals surface area (Å²) in [6.07, 6.45) is 16.0. The summed E-state index contributed by atoms with van der Waals surface area (Å²) < 4.78 is 20.1. The van der Waals surface area contributed by atoms with Crippen molar-refractivity contribution in [3.05, 3.63) is 90.4 Å². The van der Waals surface area contributed by atoms with Crippen LogP contribution in [0, 0.1) is 5.82 Å². The molecule has 1 amide bonds. The Balaban J connectivity index is 1.42. The van der Waals surface area contributed by atoms with Crippen LogP contribution >= 0.6 is 11.8 Å². The van der Waals surface area contributed by atoms with Crippen molar-refractivity contribution in [3.8, 4) is 11.6 Å². The quantitative estimate of drug-likeness (QED) is 0.473. The van der Waals surface area contributed by atoms with Crippen LogP contribution in [-0.2, 0) is 4.79 Å². The van der Waals surface area contributed by atoms with E-state index in [9.17, 15) is 9.18 Å². The highest BCUT2D eigenvalue weighted by Gasteiger charge is 2.23. The van der Waals surface area contributed by atoms with E-state index in [2.05, 4.69) is 16.9 Å². The molecule has 1 aliphatic heterocycles. The van der Waals surface area contributed by atoms with Gasteiger partial charge in [0.15, 0.2) is 0 Å². The Morgan fingerprint density at radius 3 is 2.97 bits per heavy atom. The molecule has 1 aliphatic carbocycles. The van der Waals surface area contributed by atoms with Crippen LogP contribution in [0.1, 0.15) is 31.2 Å². The molecule has 1 N–H and O–H groups in total. The number of aromatic nitrogens is 1. The Morgan fingerprint density at radius 2 is 2.11 bits per heavy atom. The monoisotopic (exact) mass is 491 g/mol. The summed E-state index contributed by atoms with van der Waals surface area (Å²) in [6.45, 7) is 5.53. The normalized spacial score (nSPS) is 17.8. The van der Waals surface area contributed by atoms with Gasteiger partial charge in [-0.25, -0.2) is 9.37 Å². The summed E-state index contributed by atoms with van der Waals surface area (Å²) in [4.78, 5) is 20.2. The molecule has 0 radical (unpaired) electrons. The summed E-state index contributed by atoms with van der Waals surface area (Å²) in [7, 11) is 0. The van der Waals surface area contributed by atoms with Gasteiger partial charge in [-0.2, -0.15) is 0 Å². The number of amides is 1. The van der Waals surface area contributed by atoms with Crippen LogP contribution in [-0.4, -0.2) is 41.2 Å². The first kappa shape index (κ1) is 24.8. The fourth-order valence-electron chi connectivity index (χ4n) is 4.21. The lowest BCUT2D eigenvalue weighted by Crippen LogP contribution is -2.34. The number of carbonyl (C=O) groups is 1. The minimum absolute atomic E-state index is 0.0955. The van der Waals surface area contributed by atoms with Gasteiger partial charge in [-0.05, 0) is 56.2 Å². The second-order valence-electron chi connectivity index (χ2n) is 8.54. The molecule has 1 unspecified atom stereocenters. The van der Waals surface area contributed by atoms with Gasteiger partial charge in [0.1, 0.15) is 11.6 Å². The van der Waals surface area contributed by atoms with Gasteiger partial charge in [-0.15, -0.1) is 11.8 Å². The smallest absolute Gasteiger partial charge is 0.250 e. The molecule has 2 aromatic rings. The molecule has 35 heavy (non-hydrogen) atoms. The molecule has 1 aromatic heterocycles. The fourth-order valence-corrected chi connectivity index (χ4v) is 4.66. The van der Waals surface area contributed by atoms with E-state index in [4.69, 9.17) is 4.74 Å². The van der Waals surface area contributed by atoms with Crippen molar-refractivity contribution in [2.24, 2.45) is 0 Å². The van der Waals surface area contributed by atoms with Crippen LogP contribution < -0.4 is 10.1 Å². The standard InChI is InChI=1S/C28H30FN3O2S/c1-20(26-17-22(29)19-30-27(26)34-24-12-7-13-25(18-24)35-2)31-23-11-8-15-32(16-14-23)28(33)21-9-5-3-4-6-10-21/h3-7,9,12-13,17-19,23,31H,1,8,10-11,14-16H2,2H3. The Labute approximate surface area is 210 Å². The third-order valence-corrected chi connectivity index (χ3v) is 6.79. The Hall–Kier alpha value is -3.32. The lowest BCUT2D eigenvalue weighted by Gasteiger charge is -2.23. The Morgan fingerprint density at radius 1 is 1.23 bits per heavy atom. The van der Waals surface area contributed by atoms with Crippen molar-refractivity contribution in [3.63, 3.8) is 0 Å². The number of hydrogen-bond acceptors (Lipinski definition) is 5. The molecule has 0 bridgehead atoms. The van der Waals surface area contributed by atoms with Gasteiger partial charge in [-0.3, -0.25) is 4.79 Å². The minimum atomic E-state index is -0.453. The minimum Gasteiger partial charge on any atom is -0.438 e. The summed E-state index contributed by atoms with van der Waals surface area (Å²) in [5, 5.41) is 3.44. The summed E-state index contributed by atoms with van der Waals surface area (Å²) in [6, 6.07) is 9.17. The molecule has 182 valence electrons. The zero-order valence-corrected chi connectivity index (χ0v) is 20.7. The number of pyridine rings is 1. The molecule has 7 heteroatoms. The van der Waals surface area contributed by atoms with Crippen LogP contribution in [0.15, 0.2) is 84.0 Å². The number of carbonyl (C=O) groups excluding carboxylic acids is 1. The van der Waals surface area contributed by atoms with Crippen molar-refractivity contribution in [2.75, 3.05) is 19.3 Å². The maximum Gasteiger partial charge on any atom is 0.250 e. The predicted molar refractivity (Wildman–Crippen MR) is 140 cm³/mol. The van der Waals surface area contributed by atoms with Gasteiger partial charge in [0.25, 0.3) is 0 Å². The van der Waals surface area contributed by atoms with Crippen LogP contribution in [0.5, 0.6) is 11.6 Å². The second kappa shape index (κ2) is 11.9. The number of ether oxygens (including phenoxy) is 1. The Kier molecular flexibility index (Phi) is 8.42. The van der Waals surface area contributed by atoms with Gasteiger partial charge in [0, 0.05) is 35.3 Å². The highest BCUT2D eigenvalue weighted by Crippen LogP contribution is 2.30. The van der Waals surface area contributed by atoms with E-state index in [1.165, 1.54) is 6.07 Å². The van der Waals surface area contributed by atoms with Crippen molar-refractivity contribution < 1.29 is 13.9 Å². The topological polar surface area (TPSA) is 54.5 Å². The molecular weight excluding hydrogens is 461 g/mol. The summed E-state index contributed by atoms with van der Waals surface area (Å²) in [5.74, 6) is 0.573. The molecule has 1 aromatic carbocycles. The molecule has 1 saturated heterocycles. The molecule has 4 rings (SSSR count). The first-order valence-corrected chi connectivity index (χ1v) is 13.0. The van der Waals surface area contributed by atoms with E-state index in [1.54, 1.807) is 11.8 Å². The highest BCUT2D eigenvalue weighted by atomic mass is 32.2. The van der Waals surface area contributed by atoms with Crippen molar-refractivity contribution >= 4 is 23.4 Å². The van der Waals surface area contributed by atoms with Crippen molar-refractivity contribution in [1.82, 2.24) is 15.2 Å². The van der Waals surface area contributed by atoms with E-state index in [-0.39, 0.29) is 11.9 Å². The van der Waals surface area contributed by atoms with Gasteiger partial charge < -0.3 is 15.0 Å². The molecule has 2 heterocycles. The molecule has 1 atom stereocenters. The van der Waals surface area contributed by atoms with E-state index in [0.29, 0.717) is 35.9 Å². The van der Waals surface area contributed by atoms with E-state index in [0.717, 1.165) is 42.5 Å². The van der Waals surface area contributed by atoms with Crippen molar-refractivity contribution in [2.45, 2.75) is 36.6 Å². The van der Waals surface area contributed by atoms with Gasteiger partial charge in [0.2, 0.25) is 11.8 Å². The lowest BCUT2D eigenvalue weighted by atomic mass is 10.1. The number of rotatable bonds is 7. The molecule has 5 nitrogen and oxygen atoms in total. The average molecular weight is 492 g/mol. The first-order chi connectivity index (χ1) is 17.0. The second-order valence-corrected chi connectivity index (χ2v) is 9.42. The zero-order valence-electron chi connectivity index (χ0n) is 19.9. The number of allylic oxidation sites excluding steroid dienone is 5. The maximum atomic E-state index is 14.1. The van der Waals surface area contributed by atoms with E-state index in [1.807, 2.05) is 65.8 Å². The van der Waals surface area contributed by atoms with Crippen molar-refractivity contribution in [1.29, 1.82) is 0 Å². The summed E-state index contributed by atoms with van der Waals surface area (Å²) in [5.41, 5.74) is 1.85.